The van der Waals surface area contributed by atoms with Gasteiger partial charge in [-0.25, -0.2) is 4.98 Å². The Morgan fingerprint density at radius 1 is 1.19 bits per heavy atom. The molecule has 108 valence electrons. The minimum Gasteiger partial charge on any atom is -0.493 e. The summed E-state index contributed by atoms with van der Waals surface area (Å²) in [4.78, 5) is 7.38. The summed E-state index contributed by atoms with van der Waals surface area (Å²) in [5, 5.41) is 0. The third-order valence-corrected chi connectivity index (χ3v) is 3.31. The molecule has 0 spiro atoms. The maximum Gasteiger partial charge on any atom is 0.161 e. The van der Waals surface area contributed by atoms with Gasteiger partial charge in [-0.2, -0.15) is 0 Å². The molecule has 3 aromatic rings. The highest BCUT2D eigenvalue weighted by atomic mass is 16.5. The lowest BCUT2D eigenvalue weighted by Crippen LogP contribution is -1.98. The van der Waals surface area contributed by atoms with Crippen LogP contribution < -0.4 is 9.47 Å². The first kappa shape index (κ1) is 13.3. The van der Waals surface area contributed by atoms with E-state index in [1.165, 1.54) is 0 Å². The molecule has 0 atom stereocenters. The van der Waals surface area contributed by atoms with Crippen LogP contribution in [0.1, 0.15) is 11.4 Å². The van der Waals surface area contributed by atoms with Gasteiger partial charge in [0.05, 0.1) is 20.5 Å². The van der Waals surface area contributed by atoms with E-state index in [4.69, 9.17) is 13.9 Å². The second-order valence-electron chi connectivity index (χ2n) is 4.55. The van der Waals surface area contributed by atoms with Crippen molar-refractivity contribution >= 4 is 0 Å². The van der Waals surface area contributed by atoms with Gasteiger partial charge in [0.25, 0.3) is 0 Å². The molecule has 0 saturated heterocycles. The molecule has 5 nitrogen and oxygen atoms in total. The predicted octanol–water partition coefficient (Wildman–Crippen LogP) is 3.28. The van der Waals surface area contributed by atoms with Crippen molar-refractivity contribution in [2.75, 3.05) is 14.2 Å². The molecule has 0 amide bonds. The molecule has 0 unspecified atom stereocenters. The topological polar surface area (TPSA) is 60.3 Å². The average molecular weight is 284 g/mol. The molecule has 2 aromatic heterocycles. The Kier molecular flexibility index (Phi) is 3.64. The van der Waals surface area contributed by atoms with E-state index in [-0.39, 0.29) is 0 Å². The number of nitrogens with one attached hydrogen (secondary N) is 1. The highest BCUT2D eigenvalue weighted by molar-refractivity contribution is 5.67. The van der Waals surface area contributed by atoms with E-state index in [0.717, 1.165) is 22.7 Å². The van der Waals surface area contributed by atoms with E-state index in [0.29, 0.717) is 17.9 Å². The van der Waals surface area contributed by atoms with Gasteiger partial charge < -0.3 is 18.9 Å². The average Bonchev–Trinajstić information content (AvgIpc) is 3.20. The van der Waals surface area contributed by atoms with Crippen molar-refractivity contribution in [3.8, 4) is 22.8 Å². The van der Waals surface area contributed by atoms with Crippen LogP contribution in [0.3, 0.4) is 0 Å². The third-order valence-electron chi connectivity index (χ3n) is 3.31. The lowest BCUT2D eigenvalue weighted by molar-refractivity contribution is 0.354. The van der Waals surface area contributed by atoms with Gasteiger partial charge in [0.2, 0.25) is 0 Å². The number of aromatic amines is 1. The van der Waals surface area contributed by atoms with Crippen LogP contribution in [0.4, 0.5) is 0 Å². The summed E-state index contributed by atoms with van der Waals surface area (Å²) in [6.07, 6.45) is 5.86. The summed E-state index contributed by atoms with van der Waals surface area (Å²) in [6, 6.07) is 7.67. The van der Waals surface area contributed by atoms with Crippen molar-refractivity contribution in [3.05, 3.63) is 54.3 Å². The molecule has 1 N–H and O–H groups in total. The number of benzene rings is 1. The number of imidazole rings is 1. The summed E-state index contributed by atoms with van der Waals surface area (Å²) < 4.78 is 16.3. The zero-order valence-corrected chi connectivity index (χ0v) is 11.9. The summed E-state index contributed by atoms with van der Waals surface area (Å²) in [6.45, 7) is 0. The number of nitrogens with zero attached hydrogens (tertiary/aromatic N) is 1. The highest BCUT2D eigenvalue weighted by Crippen LogP contribution is 2.36. The van der Waals surface area contributed by atoms with Crippen LogP contribution in [0.5, 0.6) is 11.5 Å². The smallest absolute Gasteiger partial charge is 0.161 e. The molecule has 1 aromatic carbocycles. The number of H-pyrrole nitrogens is 1. The molecular weight excluding hydrogens is 268 g/mol. The lowest BCUT2D eigenvalue weighted by atomic mass is 10.0. The Bertz CT molecular complexity index is 703. The molecule has 0 aliphatic heterocycles. The standard InChI is InChI=1S/C16H16N2O3/c1-19-14-8-11(9-16-17-5-6-18-16)12(10-15(14)20-2)13-4-3-7-21-13/h3-8,10H,9H2,1-2H3,(H,17,18). The van der Waals surface area contributed by atoms with Gasteiger partial charge in [-0.15, -0.1) is 0 Å². The fourth-order valence-corrected chi connectivity index (χ4v) is 2.30. The number of furan rings is 1. The predicted molar refractivity (Wildman–Crippen MR) is 78.6 cm³/mol. The number of rotatable bonds is 5. The van der Waals surface area contributed by atoms with Crippen LogP contribution in [-0.2, 0) is 6.42 Å². The third kappa shape index (κ3) is 2.63. The number of methoxy groups -OCH3 is 2. The Balaban J connectivity index is 2.10. The van der Waals surface area contributed by atoms with Crippen LogP contribution >= 0.6 is 0 Å². The van der Waals surface area contributed by atoms with Crippen molar-refractivity contribution in [1.29, 1.82) is 0 Å². The summed E-state index contributed by atoms with van der Waals surface area (Å²) in [5.41, 5.74) is 2.02. The largest absolute Gasteiger partial charge is 0.493 e. The molecule has 3 rings (SSSR count). The molecule has 0 bridgehead atoms. The molecule has 5 heteroatoms. The fraction of sp³-hybridized carbons (Fsp3) is 0.188. The minimum atomic E-state index is 0.656. The van der Waals surface area contributed by atoms with E-state index in [1.807, 2.05) is 30.5 Å². The van der Waals surface area contributed by atoms with Crippen molar-refractivity contribution in [2.45, 2.75) is 6.42 Å². The van der Waals surface area contributed by atoms with Crippen LogP contribution in [0.25, 0.3) is 11.3 Å². The van der Waals surface area contributed by atoms with Crippen molar-refractivity contribution < 1.29 is 13.9 Å². The number of hydrogen-bond donors (Lipinski definition) is 1. The molecule has 0 radical (unpaired) electrons. The fourth-order valence-electron chi connectivity index (χ4n) is 2.30. The Morgan fingerprint density at radius 3 is 2.62 bits per heavy atom. The van der Waals surface area contributed by atoms with E-state index in [2.05, 4.69) is 9.97 Å². The van der Waals surface area contributed by atoms with Gasteiger partial charge in [-0.05, 0) is 29.8 Å². The van der Waals surface area contributed by atoms with Gasteiger partial charge in [-0.1, -0.05) is 0 Å². The van der Waals surface area contributed by atoms with Crippen LogP contribution in [0, 0.1) is 0 Å². The Hall–Kier alpha value is -2.69. The maximum atomic E-state index is 5.53. The SMILES string of the molecule is COc1cc(Cc2ncc[nH]2)c(-c2ccco2)cc1OC. The Labute approximate surface area is 122 Å². The van der Waals surface area contributed by atoms with Crippen LogP contribution in [-0.4, -0.2) is 24.2 Å². The van der Waals surface area contributed by atoms with Crippen LogP contribution in [0.15, 0.2) is 47.3 Å². The first-order valence-corrected chi connectivity index (χ1v) is 6.59. The number of hydrogen-bond acceptors (Lipinski definition) is 4. The van der Waals surface area contributed by atoms with Gasteiger partial charge in [0, 0.05) is 24.4 Å². The second-order valence-corrected chi connectivity index (χ2v) is 4.55. The molecule has 0 saturated carbocycles. The van der Waals surface area contributed by atoms with Gasteiger partial charge in [-0.3, -0.25) is 0 Å². The van der Waals surface area contributed by atoms with E-state index in [9.17, 15) is 0 Å². The monoisotopic (exact) mass is 284 g/mol. The molecule has 2 heterocycles. The van der Waals surface area contributed by atoms with Crippen molar-refractivity contribution in [2.24, 2.45) is 0 Å². The van der Waals surface area contributed by atoms with Gasteiger partial charge >= 0.3 is 0 Å². The number of ether oxygens (including phenoxy) is 2. The second kappa shape index (κ2) is 5.75. The lowest BCUT2D eigenvalue weighted by Gasteiger charge is -2.13. The summed E-state index contributed by atoms with van der Waals surface area (Å²) in [5.74, 6) is 3.04. The minimum absolute atomic E-state index is 0.656. The summed E-state index contributed by atoms with van der Waals surface area (Å²) >= 11 is 0. The van der Waals surface area contributed by atoms with Gasteiger partial charge in [0.15, 0.2) is 11.5 Å². The van der Waals surface area contributed by atoms with Crippen molar-refractivity contribution in [1.82, 2.24) is 9.97 Å². The first-order chi connectivity index (χ1) is 10.3. The normalized spacial score (nSPS) is 10.6. The highest BCUT2D eigenvalue weighted by Gasteiger charge is 2.15. The molecule has 0 aliphatic carbocycles. The zero-order chi connectivity index (χ0) is 14.7. The summed E-state index contributed by atoms with van der Waals surface area (Å²) in [7, 11) is 3.25. The van der Waals surface area contributed by atoms with E-state index < -0.39 is 0 Å². The van der Waals surface area contributed by atoms with E-state index >= 15 is 0 Å². The van der Waals surface area contributed by atoms with Crippen molar-refractivity contribution in [3.63, 3.8) is 0 Å². The maximum absolute atomic E-state index is 5.53. The molecular formula is C16H16N2O3. The quantitative estimate of drug-likeness (QED) is 0.781. The Morgan fingerprint density at radius 2 is 2.00 bits per heavy atom. The molecule has 0 aliphatic rings. The zero-order valence-electron chi connectivity index (χ0n) is 11.9. The van der Waals surface area contributed by atoms with E-state index in [1.54, 1.807) is 26.7 Å². The van der Waals surface area contributed by atoms with Gasteiger partial charge in [0.1, 0.15) is 11.6 Å². The number of aromatic nitrogens is 2. The molecule has 21 heavy (non-hydrogen) atoms. The molecule has 0 fully saturated rings. The first-order valence-electron chi connectivity index (χ1n) is 6.59. The van der Waals surface area contributed by atoms with Crippen LogP contribution in [0.2, 0.25) is 0 Å².